The lowest BCUT2D eigenvalue weighted by molar-refractivity contribution is 0.0490. The highest BCUT2D eigenvalue weighted by molar-refractivity contribution is 7.48. The number of alkyl carbamates (subject to hydrolysis) is 1. The summed E-state index contributed by atoms with van der Waals surface area (Å²) in [6.45, 7) is 12.4. The number of nitrogens with one attached hydrogen (secondary N) is 2. The van der Waals surface area contributed by atoms with Crippen molar-refractivity contribution < 1.29 is 50.7 Å². The van der Waals surface area contributed by atoms with Crippen LogP contribution in [0.4, 0.5) is 29.9 Å². The van der Waals surface area contributed by atoms with Crippen molar-refractivity contribution >= 4 is 53.5 Å². The lowest BCUT2D eigenvalue weighted by atomic mass is 10.0. The third kappa shape index (κ3) is 8.44. The Balaban J connectivity index is 1.40. The molecule has 17 nitrogen and oxygen atoms in total. The standard InChI is InChI=1S/C35H45F2N8O9P/c1-17(54-55(48,49-9)50-10)28-38-14-20(15-39-28)51-31-42-29-25(24-26(37)21(36)13-23(27(24)41-29)44(8)33(47)53-35(5,6)7)30(43-31)45-16-18-11-19(45)12-22(18)40-32(46)52-34(2,3)4/h13-15,17-19,22H,11-12,16H2,1-10H3,(H,40,46)(H,41,42,43). The highest BCUT2D eigenvalue weighted by Crippen LogP contribution is 2.51. The number of ether oxygens (including phenoxy) is 3. The molecule has 1 saturated heterocycles. The molecule has 2 fully saturated rings. The minimum Gasteiger partial charge on any atom is -0.444 e. The highest BCUT2D eigenvalue weighted by atomic mass is 31.2. The molecule has 55 heavy (non-hydrogen) atoms. The number of piperidine rings is 1. The van der Waals surface area contributed by atoms with Crippen molar-refractivity contribution in [1.82, 2.24) is 30.2 Å². The molecular formula is C35H45F2N8O9P. The minimum absolute atomic E-state index is 0.00552. The lowest BCUT2D eigenvalue weighted by Gasteiger charge is -2.33. The molecule has 20 heteroatoms. The third-order valence-electron chi connectivity index (χ3n) is 9.06. The molecule has 4 aromatic rings. The van der Waals surface area contributed by atoms with E-state index in [-0.39, 0.29) is 69.0 Å². The number of hydrogen-bond acceptors (Lipinski definition) is 14. The van der Waals surface area contributed by atoms with Gasteiger partial charge in [-0.1, -0.05) is 0 Å². The van der Waals surface area contributed by atoms with Crippen molar-refractivity contribution in [2.75, 3.05) is 37.6 Å². The first-order valence-corrected chi connectivity index (χ1v) is 19.0. The predicted octanol–water partition coefficient (Wildman–Crippen LogP) is 7.31. The van der Waals surface area contributed by atoms with Gasteiger partial charge in [0.15, 0.2) is 23.2 Å². The highest BCUT2D eigenvalue weighted by Gasteiger charge is 2.47. The summed E-state index contributed by atoms with van der Waals surface area (Å²) in [6.07, 6.45) is 1.69. The number of H-pyrrole nitrogens is 1. The quantitative estimate of drug-likeness (QED) is 0.152. The molecule has 3 aromatic heterocycles. The van der Waals surface area contributed by atoms with Crippen molar-refractivity contribution in [1.29, 1.82) is 0 Å². The van der Waals surface area contributed by atoms with Gasteiger partial charge in [0.25, 0.3) is 0 Å². The first kappa shape index (κ1) is 40.0. The van der Waals surface area contributed by atoms with E-state index in [1.165, 1.54) is 33.7 Å². The van der Waals surface area contributed by atoms with E-state index in [1.54, 1.807) is 48.5 Å². The summed E-state index contributed by atoms with van der Waals surface area (Å²) in [7, 11) is -0.0610. The van der Waals surface area contributed by atoms with Gasteiger partial charge in [0.05, 0.1) is 34.4 Å². The number of fused-ring (bicyclic) bond motifs is 5. The summed E-state index contributed by atoms with van der Waals surface area (Å²) >= 11 is 0. The number of benzene rings is 1. The van der Waals surface area contributed by atoms with E-state index in [1.807, 2.05) is 4.90 Å². The van der Waals surface area contributed by atoms with Crippen molar-refractivity contribution in [3.8, 4) is 11.8 Å². The van der Waals surface area contributed by atoms with E-state index in [4.69, 9.17) is 32.8 Å². The molecule has 4 heterocycles. The zero-order valence-corrected chi connectivity index (χ0v) is 33.1. The molecule has 4 unspecified atom stereocenters. The van der Waals surface area contributed by atoms with Crippen molar-refractivity contribution in [3.05, 3.63) is 35.9 Å². The van der Waals surface area contributed by atoms with Crippen LogP contribution < -0.4 is 19.9 Å². The molecular weight excluding hydrogens is 745 g/mol. The molecule has 0 radical (unpaired) electrons. The number of carbonyl (C=O) groups excluding carboxylic acids is 2. The summed E-state index contributed by atoms with van der Waals surface area (Å²) in [5.41, 5.74) is -1.35. The molecule has 6 rings (SSSR count). The second kappa shape index (κ2) is 14.7. The first-order chi connectivity index (χ1) is 25.7. The van der Waals surface area contributed by atoms with Crippen molar-refractivity contribution in [2.24, 2.45) is 5.92 Å². The molecule has 1 aromatic carbocycles. The first-order valence-electron chi connectivity index (χ1n) is 17.5. The van der Waals surface area contributed by atoms with Crippen LogP contribution in [-0.2, 0) is 27.6 Å². The summed E-state index contributed by atoms with van der Waals surface area (Å²) < 4.78 is 76.0. The van der Waals surface area contributed by atoms with Crippen LogP contribution in [0.1, 0.15) is 73.2 Å². The molecule has 2 bridgehead atoms. The van der Waals surface area contributed by atoms with Gasteiger partial charge in [0, 0.05) is 46.0 Å². The number of rotatable bonds is 10. The number of aromatic amines is 1. The van der Waals surface area contributed by atoms with E-state index in [0.29, 0.717) is 19.4 Å². The van der Waals surface area contributed by atoms with E-state index in [9.17, 15) is 14.2 Å². The number of phosphoric ester groups is 1. The molecule has 298 valence electrons. The third-order valence-corrected chi connectivity index (χ3v) is 10.5. The van der Waals surface area contributed by atoms with Gasteiger partial charge >= 0.3 is 26.0 Å². The van der Waals surface area contributed by atoms with Crippen LogP contribution >= 0.6 is 7.82 Å². The maximum atomic E-state index is 16.0. The van der Waals surface area contributed by atoms with Crippen molar-refractivity contribution in [2.45, 2.75) is 90.7 Å². The van der Waals surface area contributed by atoms with E-state index in [0.717, 1.165) is 11.0 Å². The number of halogens is 2. The molecule has 2 amide bonds. The average molecular weight is 791 g/mol. The van der Waals surface area contributed by atoms with Crippen LogP contribution in [0.5, 0.6) is 11.8 Å². The Kier molecular flexibility index (Phi) is 10.7. The summed E-state index contributed by atoms with van der Waals surface area (Å²) in [5, 5.41) is 2.98. The fraction of sp³-hybridized carbons (Fsp3) is 0.543. The number of carbonyl (C=O) groups is 2. The second-order valence-electron chi connectivity index (χ2n) is 15.4. The fourth-order valence-electron chi connectivity index (χ4n) is 6.73. The molecule has 1 aliphatic heterocycles. The molecule has 0 spiro atoms. The SMILES string of the molecule is COP(=O)(OC)OC(C)c1ncc(Oc2nc(N3CC4CC3CC4NC(=O)OC(C)(C)C)c3c(n2)[nH]c2c(N(C)C(=O)OC(C)(C)C)cc(F)c(F)c23)cn1. The number of hydrogen-bond donors (Lipinski definition) is 2. The van der Waals surface area contributed by atoms with Gasteiger partial charge in [0.1, 0.15) is 28.8 Å². The summed E-state index contributed by atoms with van der Waals surface area (Å²) in [4.78, 5) is 49.6. The summed E-state index contributed by atoms with van der Waals surface area (Å²) in [5.74, 6) is -1.86. The number of phosphoric acid groups is 1. The van der Waals surface area contributed by atoms with Crippen LogP contribution in [0.15, 0.2) is 18.5 Å². The number of nitrogens with zero attached hydrogens (tertiary/aromatic N) is 6. The minimum atomic E-state index is -3.82. The maximum absolute atomic E-state index is 16.0. The van der Waals surface area contributed by atoms with Gasteiger partial charge in [-0.05, 0) is 67.2 Å². The Labute approximate surface area is 316 Å². The molecule has 1 saturated carbocycles. The normalized spacial score (nSPS) is 19.2. The average Bonchev–Trinajstić information content (AvgIpc) is 3.81. The zero-order chi connectivity index (χ0) is 40.2. The van der Waals surface area contributed by atoms with E-state index < -0.39 is 48.9 Å². The maximum Gasteiger partial charge on any atom is 0.474 e. The number of aromatic nitrogens is 5. The van der Waals surface area contributed by atoms with Crippen LogP contribution in [0.25, 0.3) is 21.9 Å². The van der Waals surface area contributed by atoms with Crippen LogP contribution in [0.2, 0.25) is 0 Å². The molecule has 4 atom stereocenters. The van der Waals surface area contributed by atoms with Gasteiger partial charge in [-0.3, -0.25) is 18.5 Å². The van der Waals surface area contributed by atoms with E-state index in [2.05, 4.69) is 25.3 Å². The Morgan fingerprint density at radius 1 is 1.02 bits per heavy atom. The summed E-state index contributed by atoms with van der Waals surface area (Å²) in [6, 6.07) is 0.403. The number of amides is 2. The van der Waals surface area contributed by atoms with Crippen LogP contribution in [0, 0.1) is 17.6 Å². The van der Waals surface area contributed by atoms with Crippen LogP contribution in [0.3, 0.4) is 0 Å². The van der Waals surface area contributed by atoms with Gasteiger partial charge < -0.3 is 29.4 Å². The van der Waals surface area contributed by atoms with Crippen LogP contribution in [-0.4, -0.2) is 88.2 Å². The van der Waals surface area contributed by atoms with Crippen molar-refractivity contribution in [3.63, 3.8) is 0 Å². The molecule has 2 N–H and O–H groups in total. The van der Waals surface area contributed by atoms with Gasteiger partial charge in [-0.15, -0.1) is 0 Å². The monoisotopic (exact) mass is 790 g/mol. The van der Waals surface area contributed by atoms with Gasteiger partial charge in [-0.2, -0.15) is 9.97 Å². The Bertz CT molecular complexity index is 2150. The second-order valence-corrected chi connectivity index (χ2v) is 17.2. The Morgan fingerprint density at radius 2 is 1.67 bits per heavy atom. The topological polar surface area (TPSA) is 192 Å². The largest absolute Gasteiger partial charge is 0.474 e. The zero-order valence-electron chi connectivity index (χ0n) is 32.2. The predicted molar refractivity (Wildman–Crippen MR) is 196 cm³/mol. The molecule has 1 aliphatic carbocycles. The Morgan fingerprint density at radius 3 is 2.25 bits per heavy atom. The van der Waals surface area contributed by atoms with Gasteiger partial charge in [0.2, 0.25) is 0 Å². The van der Waals surface area contributed by atoms with E-state index >= 15 is 8.78 Å². The fourth-order valence-corrected chi connectivity index (χ4v) is 7.54. The Hall–Kier alpha value is -4.71. The number of anilines is 2. The lowest BCUT2D eigenvalue weighted by Crippen LogP contribution is -2.47. The molecule has 2 aliphatic rings. The smallest absolute Gasteiger partial charge is 0.444 e. The van der Waals surface area contributed by atoms with Gasteiger partial charge in [-0.25, -0.2) is 32.9 Å².